The number of benzene rings is 1. The van der Waals surface area contributed by atoms with E-state index in [1.807, 2.05) is 32.9 Å². The zero-order chi connectivity index (χ0) is 19.3. The van der Waals surface area contributed by atoms with E-state index < -0.39 is 9.84 Å². The normalized spacial score (nSPS) is 18.9. The summed E-state index contributed by atoms with van der Waals surface area (Å²) in [5.74, 6) is 0.0724. The molecule has 1 aliphatic heterocycles. The first kappa shape index (κ1) is 18.1. The van der Waals surface area contributed by atoms with E-state index in [9.17, 15) is 13.2 Å². The highest BCUT2D eigenvalue weighted by Crippen LogP contribution is 2.30. The predicted molar refractivity (Wildman–Crippen MR) is 106 cm³/mol. The molecule has 1 unspecified atom stereocenters. The number of thiazole rings is 1. The summed E-state index contributed by atoms with van der Waals surface area (Å²) in [6.07, 6.45) is 0.555. The van der Waals surface area contributed by atoms with Crippen LogP contribution < -0.4 is 5.32 Å². The molecule has 27 heavy (non-hydrogen) atoms. The van der Waals surface area contributed by atoms with Crippen molar-refractivity contribution in [2.75, 3.05) is 16.8 Å². The van der Waals surface area contributed by atoms with E-state index in [4.69, 9.17) is 0 Å². The van der Waals surface area contributed by atoms with Gasteiger partial charge in [-0.15, -0.1) is 11.3 Å². The number of amides is 1. The Morgan fingerprint density at radius 2 is 2.07 bits per heavy atom. The summed E-state index contributed by atoms with van der Waals surface area (Å²) < 4.78 is 26.3. The van der Waals surface area contributed by atoms with E-state index in [2.05, 4.69) is 15.4 Å². The molecule has 2 aromatic heterocycles. The van der Waals surface area contributed by atoms with Gasteiger partial charge >= 0.3 is 0 Å². The minimum absolute atomic E-state index is 0.101. The van der Waals surface area contributed by atoms with Gasteiger partial charge in [0.1, 0.15) is 0 Å². The van der Waals surface area contributed by atoms with Gasteiger partial charge < -0.3 is 5.32 Å². The number of anilines is 1. The summed E-state index contributed by atoms with van der Waals surface area (Å²) in [5, 5.41) is 8.39. The molecule has 0 bridgehead atoms. The molecule has 3 heterocycles. The number of nitrogens with one attached hydrogen (secondary N) is 1. The molecule has 3 aromatic rings. The second-order valence-corrected chi connectivity index (χ2v) is 10.4. The average molecular weight is 405 g/mol. The molecule has 1 amide bonds. The van der Waals surface area contributed by atoms with Crippen molar-refractivity contribution in [2.45, 2.75) is 33.2 Å². The van der Waals surface area contributed by atoms with Crippen LogP contribution in [0.1, 0.15) is 39.2 Å². The molecule has 1 N–H and O–H groups in total. The maximum atomic E-state index is 12.7. The largest absolute Gasteiger partial charge is 0.319 e. The van der Waals surface area contributed by atoms with Crippen molar-refractivity contribution in [3.63, 3.8) is 0 Å². The van der Waals surface area contributed by atoms with Crippen molar-refractivity contribution in [3.8, 4) is 0 Å². The van der Waals surface area contributed by atoms with Crippen LogP contribution in [0.15, 0.2) is 18.2 Å². The van der Waals surface area contributed by atoms with Crippen LogP contribution in [-0.4, -0.2) is 40.6 Å². The number of carbonyl (C=O) groups excluding carboxylic acids is 1. The number of aromatic nitrogens is 3. The number of fused-ring (bicyclic) bond motifs is 1. The van der Waals surface area contributed by atoms with Crippen LogP contribution >= 0.6 is 11.3 Å². The fourth-order valence-corrected chi connectivity index (χ4v) is 6.09. The quantitative estimate of drug-likeness (QED) is 0.724. The Kier molecular flexibility index (Phi) is 4.31. The standard InChI is InChI=1S/C18H20N4O3S2/c1-10-17(11(2)22(21-10)14-6-7-27(24,25)9-14)20-18(23)13-4-5-15-16(8-13)26-12(3)19-15/h4-5,8,14H,6-7,9H2,1-3H3,(H,20,23). The Bertz CT molecular complexity index is 1160. The van der Waals surface area contributed by atoms with Crippen molar-refractivity contribution in [3.05, 3.63) is 40.2 Å². The zero-order valence-electron chi connectivity index (χ0n) is 15.3. The first-order valence-electron chi connectivity index (χ1n) is 8.68. The van der Waals surface area contributed by atoms with E-state index >= 15 is 0 Å². The number of rotatable bonds is 3. The smallest absolute Gasteiger partial charge is 0.255 e. The lowest BCUT2D eigenvalue weighted by Crippen LogP contribution is -2.15. The molecule has 7 nitrogen and oxygen atoms in total. The fourth-order valence-electron chi connectivity index (χ4n) is 3.53. The monoisotopic (exact) mass is 404 g/mol. The lowest BCUT2D eigenvalue weighted by molar-refractivity contribution is 0.102. The molecule has 0 spiro atoms. The van der Waals surface area contributed by atoms with Crippen molar-refractivity contribution in [1.82, 2.24) is 14.8 Å². The minimum Gasteiger partial charge on any atom is -0.319 e. The maximum absolute atomic E-state index is 12.7. The van der Waals surface area contributed by atoms with Crippen LogP contribution in [0, 0.1) is 20.8 Å². The highest BCUT2D eigenvalue weighted by molar-refractivity contribution is 7.91. The van der Waals surface area contributed by atoms with Crippen LogP contribution in [0.2, 0.25) is 0 Å². The van der Waals surface area contributed by atoms with Gasteiger partial charge in [0.15, 0.2) is 9.84 Å². The van der Waals surface area contributed by atoms with Gasteiger partial charge in [-0.3, -0.25) is 9.48 Å². The van der Waals surface area contributed by atoms with Crippen LogP contribution in [0.5, 0.6) is 0 Å². The molecule has 1 saturated heterocycles. The molecular formula is C18H20N4O3S2. The SMILES string of the molecule is Cc1nc2ccc(C(=O)Nc3c(C)nn(C4CCS(=O)(=O)C4)c3C)cc2s1. The molecule has 1 aromatic carbocycles. The summed E-state index contributed by atoms with van der Waals surface area (Å²) in [6.45, 7) is 5.61. The summed E-state index contributed by atoms with van der Waals surface area (Å²) in [4.78, 5) is 17.2. The maximum Gasteiger partial charge on any atom is 0.255 e. The third-order valence-corrected chi connectivity index (χ3v) is 7.56. The van der Waals surface area contributed by atoms with Crippen molar-refractivity contribution in [1.29, 1.82) is 0 Å². The predicted octanol–water partition coefficient (Wildman–Crippen LogP) is 3.03. The Morgan fingerprint density at radius 3 is 2.78 bits per heavy atom. The summed E-state index contributed by atoms with van der Waals surface area (Å²) >= 11 is 1.55. The van der Waals surface area contributed by atoms with Crippen LogP contribution in [0.3, 0.4) is 0 Å². The van der Waals surface area contributed by atoms with Crippen LogP contribution in [-0.2, 0) is 9.84 Å². The van der Waals surface area contributed by atoms with E-state index in [0.717, 1.165) is 20.9 Å². The summed E-state index contributed by atoms with van der Waals surface area (Å²) in [6, 6.07) is 5.28. The highest BCUT2D eigenvalue weighted by atomic mass is 32.2. The molecule has 0 saturated carbocycles. The van der Waals surface area contributed by atoms with Crippen molar-refractivity contribution in [2.24, 2.45) is 0 Å². The molecule has 1 aliphatic rings. The third kappa shape index (κ3) is 3.37. The molecular weight excluding hydrogens is 384 g/mol. The van der Waals surface area contributed by atoms with Gasteiger partial charge in [0, 0.05) is 5.56 Å². The Morgan fingerprint density at radius 1 is 1.30 bits per heavy atom. The summed E-state index contributed by atoms with van der Waals surface area (Å²) in [5.41, 5.74) is 3.54. The van der Waals surface area contributed by atoms with Gasteiger partial charge in [-0.1, -0.05) is 0 Å². The lowest BCUT2D eigenvalue weighted by Gasteiger charge is -2.11. The number of carbonyl (C=O) groups is 1. The molecule has 9 heteroatoms. The number of aryl methyl sites for hydroxylation is 2. The molecule has 142 valence electrons. The average Bonchev–Trinajstić information content (AvgIpc) is 3.23. The Balaban J connectivity index is 1.61. The van der Waals surface area contributed by atoms with E-state index in [-0.39, 0.29) is 23.5 Å². The first-order valence-corrected chi connectivity index (χ1v) is 11.3. The molecule has 4 rings (SSSR count). The topological polar surface area (TPSA) is 93.9 Å². The molecule has 1 atom stereocenters. The van der Waals surface area contributed by atoms with E-state index in [1.165, 1.54) is 0 Å². The first-order chi connectivity index (χ1) is 12.7. The lowest BCUT2D eigenvalue weighted by atomic mass is 10.2. The van der Waals surface area contributed by atoms with Crippen molar-refractivity contribution >= 4 is 43.0 Å². The molecule has 0 radical (unpaired) electrons. The molecule has 0 aliphatic carbocycles. The van der Waals surface area contributed by atoms with Gasteiger partial charge in [0.25, 0.3) is 5.91 Å². The zero-order valence-corrected chi connectivity index (χ0v) is 16.9. The van der Waals surface area contributed by atoms with Crippen LogP contribution in [0.4, 0.5) is 5.69 Å². The van der Waals surface area contributed by atoms with Gasteiger partial charge in [-0.05, 0) is 45.4 Å². The third-order valence-electron chi connectivity index (χ3n) is 4.88. The van der Waals surface area contributed by atoms with Gasteiger partial charge in [0.05, 0.1) is 49.8 Å². The molecule has 1 fully saturated rings. The van der Waals surface area contributed by atoms with E-state index in [1.54, 1.807) is 22.1 Å². The van der Waals surface area contributed by atoms with Gasteiger partial charge in [-0.25, -0.2) is 13.4 Å². The number of hydrogen-bond donors (Lipinski definition) is 1. The van der Waals surface area contributed by atoms with E-state index in [0.29, 0.717) is 23.4 Å². The Hall–Kier alpha value is -2.26. The number of nitrogens with zero attached hydrogens (tertiary/aromatic N) is 3. The minimum atomic E-state index is -3.00. The number of hydrogen-bond acceptors (Lipinski definition) is 6. The van der Waals surface area contributed by atoms with Crippen molar-refractivity contribution < 1.29 is 13.2 Å². The van der Waals surface area contributed by atoms with Crippen LogP contribution in [0.25, 0.3) is 10.2 Å². The van der Waals surface area contributed by atoms with Gasteiger partial charge in [0.2, 0.25) is 0 Å². The second kappa shape index (κ2) is 6.42. The highest BCUT2D eigenvalue weighted by Gasteiger charge is 2.31. The van der Waals surface area contributed by atoms with Gasteiger partial charge in [-0.2, -0.15) is 5.10 Å². The fraction of sp³-hybridized carbons (Fsp3) is 0.389. The Labute approximate surface area is 161 Å². The second-order valence-electron chi connectivity index (χ2n) is 6.92. The number of sulfone groups is 1. The summed E-state index contributed by atoms with van der Waals surface area (Å²) in [7, 11) is -3.00.